The van der Waals surface area contributed by atoms with E-state index in [-0.39, 0.29) is 12.5 Å². The lowest BCUT2D eigenvalue weighted by Gasteiger charge is -2.16. The van der Waals surface area contributed by atoms with Crippen molar-refractivity contribution < 1.29 is 9.90 Å². The van der Waals surface area contributed by atoms with E-state index >= 15 is 0 Å². The summed E-state index contributed by atoms with van der Waals surface area (Å²) in [5.74, 6) is 0.613. The Kier molecular flexibility index (Phi) is 3.74. The van der Waals surface area contributed by atoms with E-state index in [9.17, 15) is 9.90 Å². The Morgan fingerprint density at radius 2 is 2.24 bits per heavy atom. The van der Waals surface area contributed by atoms with Crippen LogP contribution in [0.1, 0.15) is 30.1 Å². The van der Waals surface area contributed by atoms with Crippen LogP contribution in [0.15, 0.2) is 18.5 Å². The molecule has 1 aliphatic heterocycles. The first kappa shape index (κ1) is 13.8. The predicted molar refractivity (Wildman–Crippen MR) is 78.4 cm³/mol. The van der Waals surface area contributed by atoms with Crippen LogP contribution in [0.5, 0.6) is 0 Å². The van der Waals surface area contributed by atoms with E-state index in [1.54, 1.807) is 11.4 Å². The summed E-state index contributed by atoms with van der Waals surface area (Å²) in [7, 11) is 0. The van der Waals surface area contributed by atoms with Crippen LogP contribution < -0.4 is 10.2 Å². The van der Waals surface area contributed by atoms with Crippen LogP contribution in [0.4, 0.5) is 5.82 Å². The minimum atomic E-state index is -0.580. The zero-order valence-corrected chi connectivity index (χ0v) is 12.0. The second-order valence-corrected chi connectivity index (χ2v) is 5.37. The van der Waals surface area contributed by atoms with Gasteiger partial charge in [-0.1, -0.05) is 0 Å². The van der Waals surface area contributed by atoms with Gasteiger partial charge in [-0.15, -0.1) is 0 Å². The standard InChI is InChI=1S/C14H19N5O2/c1-10(20)8-15-14(21)11-9-16-19-7-4-12(17-13(11)19)18-5-2-3-6-18/h4,7,9-10,20H,2-3,5-6,8H2,1H3,(H,15,21)/t10-/m1/s1. The number of rotatable bonds is 4. The number of amides is 1. The van der Waals surface area contributed by atoms with Crippen molar-refractivity contribution in [1.82, 2.24) is 19.9 Å². The molecule has 0 spiro atoms. The molecule has 112 valence electrons. The third kappa shape index (κ3) is 2.82. The van der Waals surface area contributed by atoms with Gasteiger partial charge >= 0.3 is 0 Å². The monoisotopic (exact) mass is 289 g/mol. The number of carbonyl (C=O) groups excluding carboxylic acids is 1. The van der Waals surface area contributed by atoms with Gasteiger partial charge in [-0.2, -0.15) is 5.10 Å². The molecule has 1 saturated heterocycles. The first-order valence-electron chi connectivity index (χ1n) is 7.21. The SMILES string of the molecule is C[C@@H](O)CNC(=O)c1cnn2ccc(N3CCCC3)nc12. The highest BCUT2D eigenvalue weighted by Gasteiger charge is 2.18. The normalized spacial score (nSPS) is 16.4. The van der Waals surface area contributed by atoms with Gasteiger partial charge in [0.05, 0.1) is 12.3 Å². The van der Waals surface area contributed by atoms with Crippen LogP contribution in [0, 0.1) is 0 Å². The van der Waals surface area contributed by atoms with Gasteiger partial charge < -0.3 is 15.3 Å². The smallest absolute Gasteiger partial charge is 0.256 e. The predicted octanol–water partition coefficient (Wildman–Crippen LogP) is 0.440. The van der Waals surface area contributed by atoms with Gasteiger partial charge in [-0.25, -0.2) is 9.50 Å². The van der Waals surface area contributed by atoms with E-state index in [4.69, 9.17) is 0 Å². The summed E-state index contributed by atoms with van der Waals surface area (Å²) in [5.41, 5.74) is 0.971. The number of aromatic nitrogens is 3. The number of carbonyl (C=O) groups is 1. The van der Waals surface area contributed by atoms with Crippen LogP contribution in [0.2, 0.25) is 0 Å². The molecular weight excluding hydrogens is 270 g/mol. The van der Waals surface area contributed by atoms with Crippen molar-refractivity contribution in [3.05, 3.63) is 24.0 Å². The minimum Gasteiger partial charge on any atom is -0.392 e. The molecule has 7 nitrogen and oxygen atoms in total. The number of hydrogen-bond donors (Lipinski definition) is 2. The summed E-state index contributed by atoms with van der Waals surface area (Å²) in [6.07, 6.45) is 5.10. The van der Waals surface area contributed by atoms with E-state index in [2.05, 4.69) is 20.3 Å². The Morgan fingerprint density at radius 3 is 2.95 bits per heavy atom. The van der Waals surface area contributed by atoms with Gasteiger partial charge in [0.2, 0.25) is 0 Å². The number of anilines is 1. The third-order valence-electron chi connectivity index (χ3n) is 3.59. The Labute approximate surface area is 122 Å². The quantitative estimate of drug-likeness (QED) is 0.853. The number of aliphatic hydroxyl groups excluding tert-OH is 1. The Morgan fingerprint density at radius 1 is 1.48 bits per heavy atom. The lowest BCUT2D eigenvalue weighted by molar-refractivity contribution is 0.0925. The molecule has 0 radical (unpaired) electrons. The molecule has 1 fully saturated rings. The van der Waals surface area contributed by atoms with Crippen LogP contribution >= 0.6 is 0 Å². The van der Waals surface area contributed by atoms with Crippen molar-refractivity contribution in [2.45, 2.75) is 25.9 Å². The van der Waals surface area contributed by atoms with Gasteiger partial charge in [-0.05, 0) is 25.8 Å². The van der Waals surface area contributed by atoms with E-state index in [1.807, 2.05) is 12.3 Å². The van der Waals surface area contributed by atoms with E-state index in [1.165, 1.54) is 19.0 Å². The molecule has 2 aromatic rings. The lowest BCUT2D eigenvalue weighted by Crippen LogP contribution is -2.30. The average molecular weight is 289 g/mol. The molecule has 2 N–H and O–H groups in total. The van der Waals surface area contributed by atoms with Crippen molar-refractivity contribution >= 4 is 17.4 Å². The number of fused-ring (bicyclic) bond motifs is 1. The molecule has 0 aromatic carbocycles. The Hall–Kier alpha value is -2.15. The fraction of sp³-hybridized carbons (Fsp3) is 0.500. The fourth-order valence-corrected chi connectivity index (χ4v) is 2.48. The zero-order chi connectivity index (χ0) is 14.8. The van der Waals surface area contributed by atoms with Crippen molar-refractivity contribution in [3.8, 4) is 0 Å². The zero-order valence-electron chi connectivity index (χ0n) is 12.0. The topological polar surface area (TPSA) is 82.8 Å². The highest BCUT2D eigenvalue weighted by Crippen LogP contribution is 2.19. The Bertz CT molecular complexity index is 646. The summed E-state index contributed by atoms with van der Waals surface area (Å²) in [4.78, 5) is 18.9. The highest BCUT2D eigenvalue weighted by atomic mass is 16.3. The van der Waals surface area contributed by atoms with Gasteiger partial charge in [0, 0.05) is 25.8 Å². The fourth-order valence-electron chi connectivity index (χ4n) is 2.48. The second kappa shape index (κ2) is 5.69. The van der Waals surface area contributed by atoms with Gasteiger partial charge in [0.25, 0.3) is 5.91 Å². The van der Waals surface area contributed by atoms with Crippen LogP contribution in [-0.4, -0.2) is 51.4 Å². The van der Waals surface area contributed by atoms with Crippen molar-refractivity contribution in [3.63, 3.8) is 0 Å². The first-order chi connectivity index (χ1) is 10.1. The molecule has 21 heavy (non-hydrogen) atoms. The van der Waals surface area contributed by atoms with Crippen molar-refractivity contribution in [1.29, 1.82) is 0 Å². The molecule has 3 heterocycles. The van der Waals surface area contributed by atoms with Gasteiger partial charge in [0.1, 0.15) is 11.4 Å². The molecule has 0 saturated carbocycles. The van der Waals surface area contributed by atoms with Gasteiger partial charge in [-0.3, -0.25) is 4.79 Å². The largest absolute Gasteiger partial charge is 0.392 e. The molecule has 2 aromatic heterocycles. The molecule has 7 heteroatoms. The molecule has 1 amide bonds. The summed E-state index contributed by atoms with van der Waals surface area (Å²) < 4.78 is 1.59. The maximum Gasteiger partial charge on any atom is 0.256 e. The Balaban J connectivity index is 1.88. The number of aliphatic hydroxyl groups is 1. The van der Waals surface area contributed by atoms with E-state index < -0.39 is 6.10 Å². The second-order valence-electron chi connectivity index (χ2n) is 5.37. The minimum absolute atomic E-state index is 0.210. The average Bonchev–Trinajstić information content (AvgIpc) is 3.13. The molecule has 1 aliphatic rings. The number of nitrogens with one attached hydrogen (secondary N) is 1. The maximum atomic E-state index is 12.1. The van der Waals surface area contributed by atoms with E-state index in [0.717, 1.165) is 18.9 Å². The maximum absolute atomic E-state index is 12.1. The van der Waals surface area contributed by atoms with Gasteiger partial charge in [0.15, 0.2) is 5.65 Å². The van der Waals surface area contributed by atoms with Crippen molar-refractivity contribution in [2.75, 3.05) is 24.5 Å². The molecule has 3 rings (SSSR count). The molecule has 0 bridgehead atoms. The highest BCUT2D eigenvalue weighted by molar-refractivity contribution is 5.99. The van der Waals surface area contributed by atoms with Crippen LogP contribution in [0.3, 0.4) is 0 Å². The first-order valence-corrected chi connectivity index (χ1v) is 7.21. The third-order valence-corrected chi connectivity index (χ3v) is 3.59. The number of nitrogens with zero attached hydrogens (tertiary/aromatic N) is 4. The molecule has 0 aliphatic carbocycles. The number of hydrogen-bond acceptors (Lipinski definition) is 5. The van der Waals surface area contributed by atoms with E-state index in [0.29, 0.717) is 11.2 Å². The molecule has 0 unspecified atom stereocenters. The van der Waals surface area contributed by atoms with Crippen LogP contribution in [0.25, 0.3) is 5.65 Å². The van der Waals surface area contributed by atoms with Crippen LogP contribution in [-0.2, 0) is 0 Å². The lowest BCUT2D eigenvalue weighted by atomic mass is 10.3. The summed E-state index contributed by atoms with van der Waals surface area (Å²) in [5, 5.41) is 16.1. The summed E-state index contributed by atoms with van der Waals surface area (Å²) >= 11 is 0. The molecular formula is C14H19N5O2. The summed E-state index contributed by atoms with van der Waals surface area (Å²) in [6.45, 7) is 3.84. The molecule has 1 atom stereocenters. The van der Waals surface area contributed by atoms with Crippen molar-refractivity contribution in [2.24, 2.45) is 0 Å². The summed E-state index contributed by atoms with van der Waals surface area (Å²) in [6, 6.07) is 1.92.